The molecule has 0 unspecified atom stereocenters. The Morgan fingerprint density at radius 3 is 2.81 bits per heavy atom. The number of anilines is 1. The van der Waals surface area contributed by atoms with Crippen LogP contribution in [-0.4, -0.2) is 18.1 Å². The fourth-order valence-electron chi connectivity index (χ4n) is 2.45. The van der Waals surface area contributed by atoms with Gasteiger partial charge in [0, 0.05) is 25.8 Å². The van der Waals surface area contributed by atoms with Gasteiger partial charge >= 0.3 is 0 Å². The van der Waals surface area contributed by atoms with Crippen LogP contribution in [-0.2, 0) is 6.54 Å². The van der Waals surface area contributed by atoms with Gasteiger partial charge in [-0.25, -0.2) is 0 Å². The molecule has 1 aromatic rings. The Morgan fingerprint density at radius 1 is 1.44 bits per heavy atom. The number of rotatable bonds is 3. The number of hydrogen-bond acceptors (Lipinski definition) is 3. The first-order valence-corrected chi connectivity index (χ1v) is 6.23. The first-order valence-electron chi connectivity index (χ1n) is 6.23. The average molecular weight is 219 g/mol. The van der Waals surface area contributed by atoms with Gasteiger partial charge in [0.2, 0.25) is 0 Å². The van der Waals surface area contributed by atoms with Crippen molar-refractivity contribution in [3.05, 3.63) is 24.0 Å². The largest absolute Gasteiger partial charge is 0.370 e. The fraction of sp³-hybridized carbons (Fsp3) is 0.615. The summed E-state index contributed by atoms with van der Waals surface area (Å²) in [5.41, 5.74) is 8.20. The lowest BCUT2D eigenvalue weighted by atomic mass is 9.94. The SMILES string of the molecule is CCC1CCN(c2cnccc2CN)CC1. The second-order valence-corrected chi connectivity index (χ2v) is 4.55. The standard InChI is InChI=1S/C13H21N3/c1-2-11-4-7-16(8-5-11)13-10-15-6-3-12(13)9-14/h3,6,10-11H,2,4-5,7-9,14H2,1H3. The number of nitrogens with two attached hydrogens (primary N) is 1. The van der Waals surface area contributed by atoms with Crippen molar-refractivity contribution in [1.29, 1.82) is 0 Å². The summed E-state index contributed by atoms with van der Waals surface area (Å²) < 4.78 is 0. The van der Waals surface area contributed by atoms with Crippen LogP contribution < -0.4 is 10.6 Å². The number of pyridine rings is 1. The maximum atomic E-state index is 5.76. The highest BCUT2D eigenvalue weighted by molar-refractivity contribution is 5.51. The van der Waals surface area contributed by atoms with Crippen LogP contribution in [0.15, 0.2) is 18.5 Å². The van der Waals surface area contributed by atoms with E-state index in [1.165, 1.54) is 30.5 Å². The predicted molar refractivity (Wildman–Crippen MR) is 67.4 cm³/mol. The predicted octanol–water partition coefficient (Wildman–Crippen LogP) is 2.17. The molecule has 88 valence electrons. The van der Waals surface area contributed by atoms with E-state index in [1.54, 1.807) is 0 Å². The van der Waals surface area contributed by atoms with Gasteiger partial charge in [0.05, 0.1) is 11.9 Å². The topological polar surface area (TPSA) is 42.2 Å². The normalized spacial score (nSPS) is 17.8. The van der Waals surface area contributed by atoms with E-state index in [0.717, 1.165) is 19.0 Å². The molecule has 2 heterocycles. The van der Waals surface area contributed by atoms with E-state index in [0.29, 0.717) is 6.54 Å². The van der Waals surface area contributed by atoms with Crippen LogP contribution in [0.25, 0.3) is 0 Å². The van der Waals surface area contributed by atoms with E-state index in [1.807, 2.05) is 18.5 Å². The number of aromatic nitrogens is 1. The maximum Gasteiger partial charge on any atom is 0.0598 e. The first kappa shape index (κ1) is 11.4. The van der Waals surface area contributed by atoms with E-state index in [4.69, 9.17) is 5.73 Å². The van der Waals surface area contributed by atoms with Crippen molar-refractivity contribution in [2.45, 2.75) is 32.7 Å². The summed E-state index contributed by atoms with van der Waals surface area (Å²) >= 11 is 0. The highest BCUT2D eigenvalue weighted by Gasteiger charge is 2.19. The number of nitrogens with zero attached hydrogens (tertiary/aromatic N) is 2. The van der Waals surface area contributed by atoms with Crippen molar-refractivity contribution in [3.63, 3.8) is 0 Å². The molecule has 0 atom stereocenters. The lowest BCUT2D eigenvalue weighted by molar-refractivity contribution is 0.394. The molecule has 16 heavy (non-hydrogen) atoms. The van der Waals surface area contributed by atoms with Crippen LogP contribution in [0, 0.1) is 5.92 Å². The van der Waals surface area contributed by atoms with Gasteiger partial charge < -0.3 is 10.6 Å². The molecule has 2 N–H and O–H groups in total. The van der Waals surface area contributed by atoms with Crippen molar-refractivity contribution in [2.24, 2.45) is 11.7 Å². The number of piperidine rings is 1. The van der Waals surface area contributed by atoms with Gasteiger partial charge in [-0.2, -0.15) is 0 Å². The third-order valence-electron chi connectivity index (χ3n) is 3.64. The van der Waals surface area contributed by atoms with Gasteiger partial charge in [0.1, 0.15) is 0 Å². The summed E-state index contributed by atoms with van der Waals surface area (Å²) in [6, 6.07) is 2.03. The van der Waals surface area contributed by atoms with Crippen LogP contribution in [0.4, 0.5) is 5.69 Å². The van der Waals surface area contributed by atoms with E-state index >= 15 is 0 Å². The second kappa shape index (κ2) is 5.30. The lowest BCUT2D eigenvalue weighted by Gasteiger charge is -2.34. The molecule has 1 aromatic heterocycles. The molecule has 0 aliphatic carbocycles. The summed E-state index contributed by atoms with van der Waals surface area (Å²) in [4.78, 5) is 6.64. The van der Waals surface area contributed by atoms with E-state index in [-0.39, 0.29) is 0 Å². The average Bonchev–Trinajstić information content (AvgIpc) is 2.39. The monoisotopic (exact) mass is 219 g/mol. The quantitative estimate of drug-likeness (QED) is 0.847. The molecule has 1 aliphatic rings. The van der Waals surface area contributed by atoms with Crippen LogP contribution in [0.1, 0.15) is 31.7 Å². The summed E-state index contributed by atoms with van der Waals surface area (Å²) in [6.45, 7) is 5.19. The Balaban J connectivity index is 2.07. The number of hydrogen-bond donors (Lipinski definition) is 1. The molecule has 0 bridgehead atoms. The minimum atomic E-state index is 0.603. The third-order valence-corrected chi connectivity index (χ3v) is 3.64. The van der Waals surface area contributed by atoms with Crippen LogP contribution in [0.5, 0.6) is 0 Å². The fourth-order valence-corrected chi connectivity index (χ4v) is 2.45. The molecule has 0 spiro atoms. The highest BCUT2D eigenvalue weighted by Crippen LogP contribution is 2.26. The van der Waals surface area contributed by atoms with Gasteiger partial charge in [-0.3, -0.25) is 4.98 Å². The van der Waals surface area contributed by atoms with Gasteiger partial charge in [0.25, 0.3) is 0 Å². The summed E-state index contributed by atoms with van der Waals surface area (Å²) in [5, 5.41) is 0. The molecular weight excluding hydrogens is 198 g/mol. The Hall–Kier alpha value is -1.09. The Labute approximate surface area is 97.7 Å². The molecule has 0 saturated carbocycles. The maximum absolute atomic E-state index is 5.76. The Bertz CT molecular complexity index is 330. The van der Waals surface area contributed by atoms with Gasteiger partial charge in [-0.15, -0.1) is 0 Å². The molecule has 1 saturated heterocycles. The van der Waals surface area contributed by atoms with E-state index < -0.39 is 0 Å². The Kier molecular flexibility index (Phi) is 3.78. The molecule has 3 heteroatoms. The van der Waals surface area contributed by atoms with Crippen LogP contribution >= 0.6 is 0 Å². The van der Waals surface area contributed by atoms with Crippen molar-refractivity contribution in [1.82, 2.24) is 4.98 Å². The zero-order valence-corrected chi connectivity index (χ0v) is 10.0. The van der Waals surface area contributed by atoms with Gasteiger partial charge in [-0.1, -0.05) is 13.3 Å². The molecule has 0 aromatic carbocycles. The minimum Gasteiger partial charge on any atom is -0.370 e. The lowest BCUT2D eigenvalue weighted by Crippen LogP contribution is -2.34. The molecule has 3 nitrogen and oxygen atoms in total. The highest BCUT2D eigenvalue weighted by atomic mass is 15.1. The molecule has 2 rings (SSSR count). The van der Waals surface area contributed by atoms with E-state index in [2.05, 4.69) is 16.8 Å². The van der Waals surface area contributed by atoms with Gasteiger partial charge in [-0.05, 0) is 30.4 Å². The van der Waals surface area contributed by atoms with E-state index in [9.17, 15) is 0 Å². The van der Waals surface area contributed by atoms with Crippen molar-refractivity contribution >= 4 is 5.69 Å². The van der Waals surface area contributed by atoms with Crippen LogP contribution in [0.2, 0.25) is 0 Å². The molecular formula is C13H21N3. The first-order chi connectivity index (χ1) is 7.85. The molecule has 1 aliphatic heterocycles. The smallest absolute Gasteiger partial charge is 0.0598 e. The summed E-state index contributed by atoms with van der Waals surface area (Å²) in [5.74, 6) is 0.911. The minimum absolute atomic E-state index is 0.603. The summed E-state index contributed by atoms with van der Waals surface area (Å²) in [6.07, 6.45) is 7.69. The van der Waals surface area contributed by atoms with Crippen LogP contribution in [0.3, 0.4) is 0 Å². The molecule has 0 amide bonds. The van der Waals surface area contributed by atoms with Crippen molar-refractivity contribution in [3.8, 4) is 0 Å². The van der Waals surface area contributed by atoms with Crippen molar-refractivity contribution < 1.29 is 0 Å². The molecule has 0 radical (unpaired) electrons. The summed E-state index contributed by atoms with van der Waals surface area (Å²) in [7, 11) is 0. The van der Waals surface area contributed by atoms with Gasteiger partial charge in [0.15, 0.2) is 0 Å². The second-order valence-electron chi connectivity index (χ2n) is 4.55. The van der Waals surface area contributed by atoms with Crippen molar-refractivity contribution in [2.75, 3.05) is 18.0 Å². The molecule has 1 fully saturated rings. The zero-order chi connectivity index (χ0) is 11.4. The zero-order valence-electron chi connectivity index (χ0n) is 10.0. The third kappa shape index (κ3) is 2.35. The Morgan fingerprint density at radius 2 is 2.19 bits per heavy atom.